The Morgan fingerprint density at radius 3 is 2.75 bits per heavy atom. The molecule has 3 nitrogen and oxygen atoms in total. The molecule has 102 valence electrons. The van der Waals surface area contributed by atoms with E-state index in [4.69, 9.17) is 16.0 Å². The highest BCUT2D eigenvalue weighted by atomic mass is 35.5. The van der Waals surface area contributed by atoms with Crippen molar-refractivity contribution in [3.63, 3.8) is 0 Å². The number of aryl methyl sites for hydroxylation is 1. The monoisotopic (exact) mass is 322 g/mol. The third-order valence-corrected chi connectivity index (χ3v) is 5.01. The van der Waals surface area contributed by atoms with E-state index in [2.05, 4.69) is 9.97 Å². The molecule has 0 atom stereocenters. The number of oxazole rings is 1. The molecule has 0 saturated heterocycles. The number of benzene rings is 1. The van der Waals surface area contributed by atoms with Gasteiger partial charge in [0.25, 0.3) is 0 Å². The summed E-state index contributed by atoms with van der Waals surface area (Å²) >= 11 is 9.19. The maximum absolute atomic E-state index is 5.86. The maximum Gasteiger partial charge on any atom is 0.226 e. The van der Waals surface area contributed by atoms with Gasteiger partial charge in [-0.1, -0.05) is 23.4 Å². The first-order valence-corrected chi connectivity index (χ1v) is 8.20. The van der Waals surface area contributed by atoms with Crippen LogP contribution in [0.5, 0.6) is 0 Å². The van der Waals surface area contributed by atoms with Crippen molar-refractivity contribution in [2.24, 2.45) is 0 Å². The molecule has 2 aromatic heterocycles. The van der Waals surface area contributed by atoms with Crippen molar-refractivity contribution in [3.8, 4) is 11.5 Å². The zero-order chi connectivity index (χ0) is 13.9. The van der Waals surface area contributed by atoms with Gasteiger partial charge in [0.1, 0.15) is 10.6 Å². The molecule has 0 spiro atoms. The fourth-order valence-corrected chi connectivity index (χ4v) is 3.49. The topological polar surface area (TPSA) is 38.9 Å². The fraction of sp³-hybridized carbons (Fsp3) is 0.143. The van der Waals surface area contributed by atoms with Gasteiger partial charge in [-0.15, -0.1) is 11.3 Å². The van der Waals surface area contributed by atoms with Gasteiger partial charge in [-0.2, -0.15) is 0 Å². The Morgan fingerprint density at radius 2 is 2.05 bits per heavy atom. The first-order valence-electron chi connectivity index (χ1n) is 5.96. The molecule has 0 N–H and O–H groups in total. The number of aromatic nitrogens is 2. The van der Waals surface area contributed by atoms with Crippen LogP contribution >= 0.6 is 34.7 Å². The van der Waals surface area contributed by atoms with E-state index in [-0.39, 0.29) is 0 Å². The van der Waals surface area contributed by atoms with Gasteiger partial charge in [0.05, 0.1) is 5.69 Å². The van der Waals surface area contributed by atoms with Crippen LogP contribution in [-0.2, 0) is 5.75 Å². The van der Waals surface area contributed by atoms with Crippen molar-refractivity contribution in [2.45, 2.75) is 17.0 Å². The Bertz CT molecular complexity index is 706. The molecule has 0 radical (unpaired) electrons. The number of halogens is 1. The molecule has 0 fully saturated rings. The minimum absolute atomic E-state index is 0.618. The minimum atomic E-state index is 0.618. The minimum Gasteiger partial charge on any atom is -0.444 e. The number of thioether (sulfide) groups is 1. The molecule has 6 heteroatoms. The highest BCUT2D eigenvalue weighted by molar-refractivity contribution is 8.00. The lowest BCUT2D eigenvalue weighted by Crippen LogP contribution is -1.82. The van der Waals surface area contributed by atoms with Gasteiger partial charge in [0, 0.05) is 27.4 Å². The normalized spacial score (nSPS) is 10.9. The molecule has 0 bridgehead atoms. The Balaban J connectivity index is 1.69. The summed E-state index contributed by atoms with van der Waals surface area (Å²) in [5, 5.41) is 2.75. The zero-order valence-corrected chi connectivity index (χ0v) is 13.1. The Labute approximate surface area is 130 Å². The largest absolute Gasteiger partial charge is 0.444 e. The summed E-state index contributed by atoms with van der Waals surface area (Å²) < 4.78 is 6.55. The quantitative estimate of drug-likeness (QED) is 0.630. The number of hydrogen-bond donors (Lipinski definition) is 0. The predicted molar refractivity (Wildman–Crippen MR) is 83.4 cm³/mol. The molecule has 0 saturated carbocycles. The summed E-state index contributed by atoms with van der Waals surface area (Å²) in [7, 11) is 0. The molecule has 0 aliphatic heterocycles. The van der Waals surface area contributed by atoms with Crippen LogP contribution in [0.25, 0.3) is 11.5 Å². The van der Waals surface area contributed by atoms with Gasteiger partial charge in [-0.25, -0.2) is 9.97 Å². The second-order valence-electron chi connectivity index (χ2n) is 4.19. The van der Waals surface area contributed by atoms with Gasteiger partial charge in [0.2, 0.25) is 5.89 Å². The second kappa shape index (κ2) is 5.99. The number of nitrogens with zero attached hydrogens (tertiary/aromatic N) is 2. The predicted octanol–water partition coefficient (Wildman–Crippen LogP) is 5.05. The molecule has 20 heavy (non-hydrogen) atoms. The van der Waals surface area contributed by atoms with E-state index in [0.29, 0.717) is 10.9 Å². The van der Waals surface area contributed by atoms with Crippen LogP contribution in [0.4, 0.5) is 0 Å². The lowest BCUT2D eigenvalue weighted by atomic mass is 10.2. The lowest BCUT2D eigenvalue weighted by molar-refractivity contribution is 0.573. The number of rotatable bonds is 4. The van der Waals surface area contributed by atoms with Gasteiger partial charge in [-0.05, 0) is 31.2 Å². The van der Waals surface area contributed by atoms with Gasteiger partial charge >= 0.3 is 0 Å². The molecule has 0 unspecified atom stereocenters. The highest BCUT2D eigenvalue weighted by Crippen LogP contribution is 2.27. The van der Waals surface area contributed by atoms with Gasteiger partial charge in [-0.3, -0.25) is 0 Å². The van der Waals surface area contributed by atoms with Crippen molar-refractivity contribution in [3.05, 3.63) is 52.3 Å². The lowest BCUT2D eigenvalue weighted by Gasteiger charge is -1.95. The maximum atomic E-state index is 5.86. The SMILES string of the molecule is Cc1csc(SCc2coc(-c3ccc(Cl)cc3)n2)n1. The van der Waals surface area contributed by atoms with E-state index < -0.39 is 0 Å². The first-order chi connectivity index (χ1) is 9.70. The van der Waals surface area contributed by atoms with E-state index in [1.54, 1.807) is 29.4 Å². The molecule has 1 aromatic carbocycles. The molecular weight excluding hydrogens is 312 g/mol. The summed E-state index contributed by atoms with van der Waals surface area (Å²) in [5.41, 5.74) is 2.89. The number of hydrogen-bond acceptors (Lipinski definition) is 5. The van der Waals surface area contributed by atoms with E-state index in [0.717, 1.165) is 27.0 Å². The first kappa shape index (κ1) is 13.7. The average molecular weight is 323 g/mol. The van der Waals surface area contributed by atoms with E-state index in [1.807, 2.05) is 36.6 Å². The summed E-state index contributed by atoms with van der Waals surface area (Å²) in [6, 6.07) is 7.45. The molecule has 0 aliphatic rings. The number of thiazole rings is 1. The van der Waals surface area contributed by atoms with Crippen molar-refractivity contribution in [1.82, 2.24) is 9.97 Å². The molecule has 3 rings (SSSR count). The Morgan fingerprint density at radius 1 is 1.25 bits per heavy atom. The molecule has 3 aromatic rings. The third kappa shape index (κ3) is 3.23. The summed E-state index contributed by atoms with van der Waals surface area (Å²) in [5.74, 6) is 1.37. The van der Waals surface area contributed by atoms with E-state index in [9.17, 15) is 0 Å². The second-order valence-corrected chi connectivity index (χ2v) is 6.71. The summed E-state index contributed by atoms with van der Waals surface area (Å²) in [6.07, 6.45) is 1.69. The average Bonchev–Trinajstić information content (AvgIpc) is 3.06. The Hall–Kier alpha value is -1.30. The highest BCUT2D eigenvalue weighted by Gasteiger charge is 2.08. The zero-order valence-electron chi connectivity index (χ0n) is 10.7. The van der Waals surface area contributed by atoms with Crippen molar-refractivity contribution in [2.75, 3.05) is 0 Å². The van der Waals surface area contributed by atoms with Crippen LogP contribution in [0.2, 0.25) is 5.02 Å². The van der Waals surface area contributed by atoms with Crippen molar-refractivity contribution in [1.29, 1.82) is 0 Å². The van der Waals surface area contributed by atoms with Crippen LogP contribution in [-0.4, -0.2) is 9.97 Å². The molecule has 0 amide bonds. The van der Waals surface area contributed by atoms with Crippen molar-refractivity contribution < 1.29 is 4.42 Å². The smallest absolute Gasteiger partial charge is 0.226 e. The third-order valence-electron chi connectivity index (χ3n) is 2.58. The van der Waals surface area contributed by atoms with E-state index >= 15 is 0 Å². The van der Waals surface area contributed by atoms with Crippen molar-refractivity contribution >= 4 is 34.7 Å². The standard InChI is InChI=1S/C14H11ClN2OS2/c1-9-7-19-14(16-9)20-8-12-6-18-13(17-12)10-2-4-11(15)5-3-10/h2-7H,8H2,1H3. The Kier molecular flexibility index (Phi) is 4.10. The van der Waals surface area contributed by atoms with Crippen LogP contribution in [0.1, 0.15) is 11.4 Å². The molecular formula is C14H11ClN2OS2. The summed E-state index contributed by atoms with van der Waals surface area (Å²) in [4.78, 5) is 8.89. The fourth-order valence-electron chi connectivity index (χ4n) is 1.63. The van der Waals surface area contributed by atoms with Gasteiger partial charge < -0.3 is 4.42 Å². The molecule has 2 heterocycles. The van der Waals surface area contributed by atoms with Gasteiger partial charge in [0.15, 0.2) is 0 Å². The van der Waals surface area contributed by atoms with Crippen LogP contribution in [0.15, 0.2) is 44.7 Å². The molecule has 0 aliphatic carbocycles. The summed E-state index contributed by atoms with van der Waals surface area (Å²) in [6.45, 7) is 2.00. The van der Waals surface area contributed by atoms with Crippen LogP contribution in [0.3, 0.4) is 0 Å². The van der Waals surface area contributed by atoms with Crippen LogP contribution in [0, 0.1) is 6.92 Å². The van der Waals surface area contributed by atoms with Crippen LogP contribution < -0.4 is 0 Å². The van der Waals surface area contributed by atoms with E-state index in [1.165, 1.54) is 0 Å².